The Balaban J connectivity index is 1.31. The van der Waals surface area contributed by atoms with Gasteiger partial charge in [0.1, 0.15) is 0 Å². The van der Waals surface area contributed by atoms with Gasteiger partial charge >= 0.3 is 0 Å². The number of thioether (sulfide) groups is 1. The number of carbonyl (C=O) groups excluding carboxylic acids is 1. The van der Waals surface area contributed by atoms with E-state index in [1.165, 1.54) is 11.8 Å². The van der Waals surface area contributed by atoms with Crippen molar-refractivity contribution in [3.8, 4) is 0 Å². The zero-order chi connectivity index (χ0) is 17.8. The van der Waals surface area contributed by atoms with E-state index < -0.39 is 0 Å². The molecule has 2 N–H and O–H groups in total. The number of H-pyrrole nitrogens is 1. The first kappa shape index (κ1) is 16.3. The van der Waals surface area contributed by atoms with Crippen LogP contribution in [0.25, 0.3) is 11.0 Å². The maximum Gasteiger partial charge on any atom is 0.277 e. The van der Waals surface area contributed by atoms with E-state index in [1.807, 2.05) is 54.6 Å². The zero-order valence-corrected chi connectivity index (χ0v) is 14.5. The molecule has 0 aliphatic rings. The van der Waals surface area contributed by atoms with Gasteiger partial charge in [0.05, 0.1) is 23.2 Å². The molecule has 0 spiro atoms. The second kappa shape index (κ2) is 7.40. The van der Waals surface area contributed by atoms with Crippen LogP contribution in [0.3, 0.4) is 0 Å². The van der Waals surface area contributed by atoms with Crippen LogP contribution in [0.1, 0.15) is 11.5 Å². The average Bonchev–Trinajstić information content (AvgIpc) is 3.27. The summed E-state index contributed by atoms with van der Waals surface area (Å²) in [6, 6.07) is 17.5. The van der Waals surface area contributed by atoms with E-state index in [4.69, 9.17) is 4.42 Å². The third-order valence-corrected chi connectivity index (χ3v) is 4.44. The first-order valence-corrected chi connectivity index (χ1v) is 8.98. The monoisotopic (exact) mass is 365 g/mol. The Hall–Kier alpha value is -3.13. The minimum atomic E-state index is -0.197. The molecule has 26 heavy (non-hydrogen) atoms. The molecular weight excluding hydrogens is 350 g/mol. The summed E-state index contributed by atoms with van der Waals surface area (Å²) in [7, 11) is 0. The molecule has 2 heterocycles. The number of carbonyl (C=O) groups is 1. The van der Waals surface area contributed by atoms with E-state index in [-0.39, 0.29) is 11.7 Å². The van der Waals surface area contributed by atoms with E-state index >= 15 is 0 Å². The predicted octanol–water partition coefficient (Wildman–Crippen LogP) is 3.27. The summed E-state index contributed by atoms with van der Waals surface area (Å²) in [4.78, 5) is 19.4. The molecule has 0 saturated carbocycles. The van der Waals surface area contributed by atoms with Gasteiger partial charge in [-0.2, -0.15) is 0 Å². The van der Waals surface area contributed by atoms with Crippen molar-refractivity contribution < 1.29 is 9.21 Å². The van der Waals surface area contributed by atoms with Crippen LogP contribution < -0.4 is 5.32 Å². The summed E-state index contributed by atoms with van der Waals surface area (Å²) in [6.07, 6.45) is 0.569. The fourth-order valence-electron chi connectivity index (χ4n) is 2.45. The second-order valence-electron chi connectivity index (χ2n) is 5.56. The minimum Gasteiger partial charge on any atom is -0.416 e. The number of hydrogen-bond donors (Lipinski definition) is 2. The van der Waals surface area contributed by atoms with Crippen molar-refractivity contribution in [3.05, 3.63) is 66.1 Å². The fraction of sp³-hybridized carbons (Fsp3) is 0.111. The lowest BCUT2D eigenvalue weighted by atomic mass is 10.2. The van der Waals surface area contributed by atoms with Crippen LogP contribution in [0, 0.1) is 0 Å². The Bertz CT molecular complexity index is 995. The average molecular weight is 365 g/mol. The van der Waals surface area contributed by atoms with Crippen LogP contribution in [0.4, 0.5) is 5.95 Å². The van der Waals surface area contributed by atoms with Crippen molar-refractivity contribution in [1.82, 2.24) is 20.2 Å². The number of anilines is 1. The third-order valence-electron chi connectivity index (χ3n) is 3.62. The van der Waals surface area contributed by atoms with Gasteiger partial charge in [-0.05, 0) is 17.7 Å². The molecule has 130 valence electrons. The van der Waals surface area contributed by atoms with E-state index in [9.17, 15) is 4.79 Å². The predicted molar refractivity (Wildman–Crippen MR) is 99.0 cm³/mol. The van der Waals surface area contributed by atoms with Gasteiger partial charge in [0.2, 0.25) is 17.7 Å². The summed E-state index contributed by atoms with van der Waals surface area (Å²) in [5.41, 5.74) is 2.77. The fourth-order valence-corrected chi connectivity index (χ4v) is 3.03. The summed E-state index contributed by atoms with van der Waals surface area (Å²) < 4.78 is 5.57. The van der Waals surface area contributed by atoms with Gasteiger partial charge in [-0.25, -0.2) is 4.98 Å². The van der Waals surface area contributed by atoms with Crippen LogP contribution in [-0.2, 0) is 11.2 Å². The zero-order valence-electron chi connectivity index (χ0n) is 13.7. The van der Waals surface area contributed by atoms with Crippen molar-refractivity contribution in [2.75, 3.05) is 11.1 Å². The number of fused-ring (bicyclic) bond motifs is 1. The van der Waals surface area contributed by atoms with Crippen LogP contribution in [0.5, 0.6) is 0 Å². The second-order valence-corrected chi connectivity index (χ2v) is 6.49. The molecule has 2 aromatic carbocycles. The number of benzene rings is 2. The summed E-state index contributed by atoms with van der Waals surface area (Å²) >= 11 is 1.19. The molecule has 0 aliphatic heterocycles. The lowest BCUT2D eigenvalue weighted by molar-refractivity contribution is -0.113. The molecule has 7 nitrogen and oxygen atoms in total. The van der Waals surface area contributed by atoms with Crippen LogP contribution >= 0.6 is 11.8 Å². The van der Waals surface area contributed by atoms with Gasteiger partial charge in [-0.1, -0.05) is 54.2 Å². The first-order chi connectivity index (χ1) is 12.8. The summed E-state index contributed by atoms with van der Waals surface area (Å²) in [6.45, 7) is 0. The SMILES string of the molecule is O=C(CSc1nnc(Cc2ccccc2)o1)Nc1nc2ccccc2[nH]1. The van der Waals surface area contributed by atoms with Crippen molar-refractivity contribution in [2.45, 2.75) is 11.6 Å². The molecule has 8 heteroatoms. The lowest BCUT2D eigenvalue weighted by Gasteiger charge is -1.99. The Morgan fingerprint density at radius 2 is 1.88 bits per heavy atom. The number of amides is 1. The number of aromatic nitrogens is 4. The largest absolute Gasteiger partial charge is 0.416 e. The molecule has 4 aromatic rings. The van der Waals surface area contributed by atoms with Crippen molar-refractivity contribution in [3.63, 3.8) is 0 Å². The van der Waals surface area contributed by atoms with Crippen molar-refractivity contribution >= 4 is 34.7 Å². The molecule has 0 aliphatic carbocycles. The van der Waals surface area contributed by atoms with Gasteiger partial charge in [-0.3, -0.25) is 10.1 Å². The van der Waals surface area contributed by atoms with Gasteiger partial charge in [0.15, 0.2) is 0 Å². The standard InChI is InChI=1S/C18H15N5O2S/c24-15(21-17-19-13-8-4-5-9-14(13)20-17)11-26-18-23-22-16(25-18)10-12-6-2-1-3-7-12/h1-9H,10-11H2,(H2,19,20,21,24). The number of rotatable bonds is 6. The number of nitrogens with zero attached hydrogens (tertiary/aromatic N) is 3. The molecule has 4 rings (SSSR count). The molecule has 1 amide bonds. The Morgan fingerprint density at radius 3 is 2.73 bits per heavy atom. The summed E-state index contributed by atoms with van der Waals surface area (Å²) in [5.74, 6) is 0.907. The van der Waals surface area contributed by atoms with Crippen molar-refractivity contribution in [2.24, 2.45) is 0 Å². The van der Waals surface area contributed by atoms with E-state index in [0.29, 0.717) is 23.5 Å². The minimum absolute atomic E-state index is 0.157. The van der Waals surface area contributed by atoms with Gasteiger partial charge in [-0.15, -0.1) is 10.2 Å². The molecule has 0 radical (unpaired) electrons. The summed E-state index contributed by atoms with van der Waals surface area (Å²) in [5, 5.41) is 11.1. The number of imidazole rings is 1. The molecule has 2 aromatic heterocycles. The molecule has 0 unspecified atom stereocenters. The van der Waals surface area contributed by atoms with Crippen LogP contribution in [0.15, 0.2) is 64.2 Å². The van der Waals surface area contributed by atoms with E-state index in [0.717, 1.165) is 16.6 Å². The Kier molecular flexibility index (Phi) is 4.65. The Morgan fingerprint density at radius 1 is 1.08 bits per heavy atom. The van der Waals surface area contributed by atoms with Crippen LogP contribution in [0.2, 0.25) is 0 Å². The highest BCUT2D eigenvalue weighted by Gasteiger charge is 2.12. The van der Waals surface area contributed by atoms with Gasteiger partial charge in [0.25, 0.3) is 5.22 Å². The van der Waals surface area contributed by atoms with Crippen LogP contribution in [-0.4, -0.2) is 31.8 Å². The normalized spacial score (nSPS) is 10.9. The highest BCUT2D eigenvalue weighted by molar-refractivity contribution is 7.99. The Labute approximate surface area is 153 Å². The number of nitrogens with one attached hydrogen (secondary N) is 2. The van der Waals surface area contributed by atoms with E-state index in [2.05, 4.69) is 25.5 Å². The highest BCUT2D eigenvalue weighted by atomic mass is 32.2. The van der Waals surface area contributed by atoms with E-state index in [1.54, 1.807) is 0 Å². The highest BCUT2D eigenvalue weighted by Crippen LogP contribution is 2.18. The van der Waals surface area contributed by atoms with Gasteiger partial charge < -0.3 is 9.40 Å². The number of para-hydroxylation sites is 2. The number of aromatic amines is 1. The van der Waals surface area contributed by atoms with Crippen molar-refractivity contribution in [1.29, 1.82) is 0 Å². The number of hydrogen-bond acceptors (Lipinski definition) is 6. The molecule has 0 fully saturated rings. The maximum absolute atomic E-state index is 12.1. The molecule has 0 atom stereocenters. The lowest BCUT2D eigenvalue weighted by Crippen LogP contribution is -2.14. The topological polar surface area (TPSA) is 96.7 Å². The molecule has 0 saturated heterocycles. The van der Waals surface area contributed by atoms with Gasteiger partial charge in [0, 0.05) is 0 Å². The molecular formula is C18H15N5O2S. The smallest absolute Gasteiger partial charge is 0.277 e. The third kappa shape index (κ3) is 3.92. The maximum atomic E-state index is 12.1. The molecule has 0 bridgehead atoms. The first-order valence-electron chi connectivity index (χ1n) is 8.00. The quantitative estimate of drug-likeness (QED) is 0.509.